The molecule has 0 fully saturated rings. The summed E-state index contributed by atoms with van der Waals surface area (Å²) in [5, 5.41) is 22.3. The summed E-state index contributed by atoms with van der Waals surface area (Å²) in [5.41, 5.74) is 14.7. The van der Waals surface area contributed by atoms with Gasteiger partial charge in [-0.3, -0.25) is 14.7 Å². The number of hydrogen-bond donors (Lipinski definition) is 7. The summed E-state index contributed by atoms with van der Waals surface area (Å²) >= 11 is 0. The Labute approximate surface area is 221 Å². The Morgan fingerprint density at radius 3 is 2.58 bits per heavy atom. The van der Waals surface area contributed by atoms with Crippen LogP contribution in [-0.4, -0.2) is 54.9 Å². The highest BCUT2D eigenvalue weighted by Gasteiger charge is 2.31. The molecular formula is C27H34N8O3. The molecule has 2 unspecified atom stereocenters. The van der Waals surface area contributed by atoms with Gasteiger partial charge in [-0.05, 0) is 48.9 Å². The van der Waals surface area contributed by atoms with E-state index < -0.39 is 6.04 Å². The first-order chi connectivity index (χ1) is 18.4. The second-order valence-corrected chi connectivity index (χ2v) is 9.12. The number of nitrogens with two attached hydrogens (primary N) is 2. The van der Waals surface area contributed by atoms with E-state index in [9.17, 15) is 14.7 Å². The van der Waals surface area contributed by atoms with Crippen molar-refractivity contribution >= 4 is 23.6 Å². The number of anilines is 1. The molecule has 4 rings (SSSR count). The molecule has 2 aliphatic heterocycles. The average molecular weight is 519 g/mol. The zero-order valence-electron chi connectivity index (χ0n) is 21.1. The van der Waals surface area contributed by atoms with Gasteiger partial charge in [-0.1, -0.05) is 30.3 Å². The van der Waals surface area contributed by atoms with E-state index in [1.807, 2.05) is 36.4 Å². The van der Waals surface area contributed by atoms with Crippen molar-refractivity contribution in [2.24, 2.45) is 16.5 Å². The van der Waals surface area contributed by atoms with Crippen LogP contribution in [0.2, 0.25) is 0 Å². The van der Waals surface area contributed by atoms with Crippen LogP contribution < -0.4 is 37.6 Å². The number of aliphatic hydroxyl groups is 1. The maximum atomic E-state index is 12.8. The number of fused-ring (bicyclic) bond motifs is 1. The molecule has 9 N–H and O–H groups in total. The van der Waals surface area contributed by atoms with E-state index >= 15 is 0 Å². The van der Waals surface area contributed by atoms with E-state index in [0.717, 1.165) is 35.5 Å². The van der Waals surface area contributed by atoms with Crippen LogP contribution in [0.25, 0.3) is 0 Å². The predicted molar refractivity (Wildman–Crippen MR) is 147 cm³/mol. The molecule has 0 aromatic heterocycles. The van der Waals surface area contributed by atoms with Gasteiger partial charge in [-0.15, -0.1) is 0 Å². The van der Waals surface area contributed by atoms with Gasteiger partial charge in [0.2, 0.25) is 0 Å². The van der Waals surface area contributed by atoms with Gasteiger partial charge in [0.25, 0.3) is 5.91 Å². The van der Waals surface area contributed by atoms with Crippen LogP contribution >= 0.6 is 0 Å². The third kappa shape index (κ3) is 7.11. The maximum Gasteiger partial charge on any atom is 0.327 e. The highest BCUT2D eigenvalue weighted by Crippen LogP contribution is 2.26. The fourth-order valence-electron chi connectivity index (χ4n) is 4.24. The first-order valence-electron chi connectivity index (χ1n) is 12.5. The van der Waals surface area contributed by atoms with Gasteiger partial charge in [-0.2, -0.15) is 0 Å². The van der Waals surface area contributed by atoms with Crippen molar-refractivity contribution in [1.29, 1.82) is 0 Å². The van der Waals surface area contributed by atoms with E-state index in [1.54, 1.807) is 35.4 Å². The van der Waals surface area contributed by atoms with Crippen molar-refractivity contribution in [3.05, 3.63) is 89.3 Å². The number of carbonyl (C=O) groups excluding carboxylic acids is 2. The minimum absolute atomic E-state index is 0.102. The Kier molecular flexibility index (Phi) is 8.96. The van der Waals surface area contributed by atoms with E-state index in [2.05, 4.69) is 26.3 Å². The molecule has 2 heterocycles. The van der Waals surface area contributed by atoms with Crippen LogP contribution in [-0.2, 0) is 6.54 Å². The van der Waals surface area contributed by atoms with E-state index in [-0.39, 0.29) is 30.7 Å². The Morgan fingerprint density at radius 2 is 1.87 bits per heavy atom. The lowest BCUT2D eigenvalue weighted by Gasteiger charge is -2.29. The number of nitrogens with one attached hydrogen (secondary N) is 4. The largest absolute Gasteiger partial charge is 0.394 e. The molecular weight excluding hydrogens is 484 g/mol. The summed E-state index contributed by atoms with van der Waals surface area (Å²) in [4.78, 5) is 30.8. The Morgan fingerprint density at radius 1 is 1.11 bits per heavy atom. The number of guanidine groups is 1. The SMILES string of the molecule is NC(N)=NCCCNCc1ccc(N2C=C3C=C(CC(CO)NC(=O)c4ccccc4)NC3NC2=O)cc1. The van der Waals surface area contributed by atoms with Crippen molar-refractivity contribution in [3.8, 4) is 0 Å². The zero-order chi connectivity index (χ0) is 26.9. The number of benzene rings is 2. The zero-order valence-corrected chi connectivity index (χ0v) is 21.1. The molecule has 0 bridgehead atoms. The quantitative estimate of drug-likeness (QED) is 0.124. The Hall–Kier alpha value is -4.35. The maximum absolute atomic E-state index is 12.8. The fourth-order valence-corrected chi connectivity index (χ4v) is 4.24. The molecule has 2 atom stereocenters. The van der Waals surface area contributed by atoms with Crippen molar-refractivity contribution < 1.29 is 14.7 Å². The molecule has 11 heteroatoms. The highest BCUT2D eigenvalue weighted by molar-refractivity contribution is 5.96. The smallest absolute Gasteiger partial charge is 0.327 e. The molecule has 0 spiro atoms. The standard InChI is InChI=1S/C27H34N8O3/c28-26(29)31-12-4-11-30-15-18-7-9-23(10-8-18)35-16-20-13-21(32-24(20)34-27(35)38)14-22(17-36)33-25(37)19-5-2-1-3-6-19/h1-3,5-10,13,16,22,24,30,32,36H,4,11-12,14-15,17H2,(H,33,37)(H,34,38)(H4,28,29,31). The van der Waals surface area contributed by atoms with Gasteiger partial charge in [0.15, 0.2) is 5.96 Å². The van der Waals surface area contributed by atoms with Gasteiger partial charge in [0.05, 0.1) is 18.3 Å². The monoisotopic (exact) mass is 518 g/mol. The second-order valence-electron chi connectivity index (χ2n) is 9.12. The number of nitrogens with zero attached hydrogens (tertiary/aromatic N) is 2. The highest BCUT2D eigenvalue weighted by atomic mass is 16.3. The van der Waals surface area contributed by atoms with Crippen molar-refractivity contribution in [2.45, 2.75) is 31.6 Å². The first-order valence-corrected chi connectivity index (χ1v) is 12.5. The summed E-state index contributed by atoms with van der Waals surface area (Å²) < 4.78 is 0. The van der Waals surface area contributed by atoms with E-state index in [1.165, 1.54) is 0 Å². The summed E-state index contributed by atoms with van der Waals surface area (Å²) in [6.45, 7) is 1.86. The van der Waals surface area contributed by atoms with Gasteiger partial charge in [0.1, 0.15) is 6.17 Å². The van der Waals surface area contributed by atoms with Gasteiger partial charge < -0.3 is 37.8 Å². The van der Waals surface area contributed by atoms with Crippen LogP contribution in [0.4, 0.5) is 10.5 Å². The van der Waals surface area contributed by atoms with Crippen LogP contribution in [0.15, 0.2) is 83.1 Å². The molecule has 0 aliphatic carbocycles. The van der Waals surface area contributed by atoms with Crippen molar-refractivity contribution in [1.82, 2.24) is 21.3 Å². The van der Waals surface area contributed by atoms with Crippen molar-refractivity contribution in [3.63, 3.8) is 0 Å². The van der Waals surface area contributed by atoms with Crippen molar-refractivity contribution in [2.75, 3.05) is 24.6 Å². The number of aliphatic hydroxyl groups excluding tert-OH is 1. The van der Waals surface area contributed by atoms with E-state index in [4.69, 9.17) is 11.5 Å². The summed E-state index contributed by atoms with van der Waals surface area (Å²) in [7, 11) is 0. The number of amides is 3. The number of rotatable bonds is 12. The second kappa shape index (κ2) is 12.7. The third-order valence-electron chi connectivity index (χ3n) is 6.18. The minimum atomic E-state index is -0.471. The van der Waals surface area contributed by atoms with Crippen LogP contribution in [0.1, 0.15) is 28.8 Å². The van der Waals surface area contributed by atoms with Crippen LogP contribution in [0, 0.1) is 0 Å². The molecule has 0 saturated heterocycles. The predicted octanol–water partition coefficient (Wildman–Crippen LogP) is 0.847. The lowest BCUT2D eigenvalue weighted by Crippen LogP contribution is -2.52. The summed E-state index contributed by atoms with van der Waals surface area (Å²) in [6, 6.07) is 15.9. The molecule has 11 nitrogen and oxygen atoms in total. The Bertz CT molecular complexity index is 1210. The van der Waals surface area contributed by atoms with E-state index in [0.29, 0.717) is 25.1 Å². The normalized spacial score (nSPS) is 16.9. The third-order valence-corrected chi connectivity index (χ3v) is 6.18. The minimum Gasteiger partial charge on any atom is -0.394 e. The number of aliphatic imine (C=N–C) groups is 1. The number of carbonyl (C=O) groups is 2. The fraction of sp³-hybridized carbons (Fsp3) is 0.296. The summed E-state index contributed by atoms with van der Waals surface area (Å²) in [5.74, 6) is -0.144. The molecule has 2 aromatic carbocycles. The van der Waals surface area contributed by atoms with Gasteiger partial charge >= 0.3 is 6.03 Å². The molecule has 0 radical (unpaired) electrons. The van der Waals surface area contributed by atoms with Gasteiger partial charge in [0, 0.05) is 42.5 Å². The summed E-state index contributed by atoms with van der Waals surface area (Å²) in [6.07, 6.45) is 4.61. The topological polar surface area (TPSA) is 170 Å². The first kappa shape index (κ1) is 26.7. The average Bonchev–Trinajstić information content (AvgIpc) is 3.31. The molecule has 200 valence electrons. The van der Waals surface area contributed by atoms with Crippen LogP contribution in [0.5, 0.6) is 0 Å². The molecule has 38 heavy (non-hydrogen) atoms. The molecule has 0 saturated carbocycles. The lowest BCUT2D eigenvalue weighted by molar-refractivity contribution is 0.0916. The molecule has 2 aromatic rings. The Balaban J connectivity index is 1.33. The number of urea groups is 1. The molecule has 2 aliphatic rings. The van der Waals surface area contributed by atoms with Gasteiger partial charge in [-0.25, -0.2) is 4.79 Å². The molecule has 3 amide bonds. The lowest BCUT2D eigenvalue weighted by atomic mass is 10.1. The number of hydrogen-bond acceptors (Lipinski definition) is 6. The van der Waals surface area contributed by atoms with Crippen LogP contribution in [0.3, 0.4) is 0 Å².